The predicted octanol–water partition coefficient (Wildman–Crippen LogP) is -0.0852. The van der Waals surface area contributed by atoms with E-state index in [1.54, 1.807) is 6.08 Å². The predicted molar refractivity (Wildman–Crippen MR) is 227 cm³/mol. The molecule has 0 aromatic carbocycles. The number of aliphatic hydroxyl groups is 11. The van der Waals surface area contributed by atoms with E-state index in [1.165, 1.54) is 77.0 Å². The lowest BCUT2D eigenvalue weighted by Crippen LogP contribution is -2.66. The second-order valence-corrected chi connectivity index (χ2v) is 17.2. The molecular weight excluding hydrogens is 830 g/mol. The summed E-state index contributed by atoms with van der Waals surface area (Å²) < 4.78 is 33.7. The maximum Gasteiger partial charge on any atom is 0.220 e. The van der Waals surface area contributed by atoms with Crippen molar-refractivity contribution in [2.75, 3.05) is 26.4 Å². The average molecular weight is 912 g/mol. The number of aliphatic hydroxyl groups excluding tert-OH is 11. The highest BCUT2D eigenvalue weighted by Gasteiger charge is 2.53. The number of ether oxygens (including phenoxy) is 6. The van der Waals surface area contributed by atoms with E-state index in [2.05, 4.69) is 12.2 Å². The molecule has 3 fully saturated rings. The summed E-state index contributed by atoms with van der Waals surface area (Å²) in [4.78, 5) is 12.6. The molecule has 19 heteroatoms. The van der Waals surface area contributed by atoms with Crippen LogP contribution in [0.25, 0.3) is 0 Å². The zero-order chi connectivity index (χ0) is 46.3. The van der Waals surface area contributed by atoms with Gasteiger partial charge in [-0.05, 0) is 19.3 Å². The highest BCUT2D eigenvalue weighted by atomic mass is 16.8. The first kappa shape index (κ1) is 55.9. The van der Waals surface area contributed by atoms with Gasteiger partial charge < -0.3 is 89.9 Å². The van der Waals surface area contributed by atoms with Gasteiger partial charge in [0.15, 0.2) is 18.9 Å². The van der Waals surface area contributed by atoms with Crippen molar-refractivity contribution < 1.29 is 89.4 Å². The maximum absolute atomic E-state index is 12.6. The molecule has 0 aliphatic carbocycles. The molecule has 370 valence electrons. The molecule has 12 N–H and O–H groups in total. The zero-order valence-corrected chi connectivity index (χ0v) is 37.3. The van der Waals surface area contributed by atoms with Gasteiger partial charge in [0, 0.05) is 6.42 Å². The molecule has 0 saturated carbocycles. The minimum atomic E-state index is -1.97. The molecule has 17 atom stereocenters. The van der Waals surface area contributed by atoms with Crippen LogP contribution in [0.1, 0.15) is 129 Å². The third-order valence-electron chi connectivity index (χ3n) is 12.1. The molecule has 0 aromatic heterocycles. The summed E-state index contributed by atoms with van der Waals surface area (Å²) in [5, 5.41) is 118. The fourth-order valence-electron chi connectivity index (χ4n) is 8.11. The summed E-state index contributed by atoms with van der Waals surface area (Å²) in [5.41, 5.74) is 0. The molecule has 0 radical (unpaired) electrons. The topological polar surface area (TPSA) is 307 Å². The summed E-state index contributed by atoms with van der Waals surface area (Å²) in [6.45, 7) is 1.30. The summed E-state index contributed by atoms with van der Waals surface area (Å²) in [7, 11) is 0. The number of rotatable bonds is 31. The van der Waals surface area contributed by atoms with Crippen molar-refractivity contribution in [2.24, 2.45) is 0 Å². The number of unbranched alkanes of at least 4 members (excludes halogenated alkanes) is 15. The van der Waals surface area contributed by atoms with E-state index in [1.807, 2.05) is 13.0 Å². The molecule has 3 heterocycles. The zero-order valence-electron chi connectivity index (χ0n) is 37.3. The van der Waals surface area contributed by atoms with Gasteiger partial charge in [-0.15, -0.1) is 0 Å². The number of amides is 1. The molecule has 1 amide bonds. The van der Waals surface area contributed by atoms with Crippen LogP contribution in [0.3, 0.4) is 0 Å². The van der Waals surface area contributed by atoms with Gasteiger partial charge in [0.2, 0.25) is 5.91 Å². The molecule has 63 heavy (non-hydrogen) atoms. The Balaban J connectivity index is 1.48. The molecule has 17 unspecified atom stereocenters. The fourth-order valence-corrected chi connectivity index (χ4v) is 8.11. The van der Waals surface area contributed by atoms with Crippen molar-refractivity contribution in [1.29, 1.82) is 0 Å². The Morgan fingerprint density at radius 2 is 0.984 bits per heavy atom. The van der Waals surface area contributed by atoms with Crippen molar-refractivity contribution in [2.45, 2.75) is 234 Å². The third-order valence-corrected chi connectivity index (χ3v) is 12.1. The first-order valence-corrected chi connectivity index (χ1v) is 23.4. The first-order valence-electron chi connectivity index (χ1n) is 23.4. The van der Waals surface area contributed by atoms with Crippen LogP contribution in [-0.2, 0) is 33.2 Å². The van der Waals surface area contributed by atoms with Gasteiger partial charge in [0.1, 0.15) is 73.2 Å². The van der Waals surface area contributed by atoms with Crippen LogP contribution in [0.4, 0.5) is 0 Å². The molecule has 3 saturated heterocycles. The Kier molecular flexibility index (Phi) is 27.3. The number of nitrogens with one attached hydrogen (secondary N) is 1. The first-order chi connectivity index (χ1) is 30.3. The minimum absolute atomic E-state index is 0.195. The Hall–Kier alpha value is -1.47. The van der Waals surface area contributed by atoms with Crippen LogP contribution in [0.5, 0.6) is 0 Å². The number of hydrogen-bond acceptors (Lipinski definition) is 18. The van der Waals surface area contributed by atoms with Gasteiger partial charge in [0.05, 0.1) is 38.6 Å². The SMILES string of the molecule is CCCCCCCCCCCCCCCCC/C=C/C(O)C(COC1OC(CO)C(OC2OC(CO)C(OC3OC(CO)C(O)C(O)C3O)C(O)C2O)C(O)C1O)NC(=O)CCC. The number of carbonyl (C=O) groups excluding carboxylic acids is 1. The summed E-state index contributed by atoms with van der Waals surface area (Å²) in [6, 6.07) is -0.961. The lowest BCUT2D eigenvalue weighted by Gasteiger charge is -2.48. The van der Waals surface area contributed by atoms with Gasteiger partial charge in [-0.3, -0.25) is 4.79 Å². The van der Waals surface area contributed by atoms with E-state index in [4.69, 9.17) is 28.4 Å². The van der Waals surface area contributed by atoms with Gasteiger partial charge in [-0.25, -0.2) is 0 Å². The van der Waals surface area contributed by atoms with Crippen LogP contribution in [-0.4, -0.2) is 193 Å². The van der Waals surface area contributed by atoms with Gasteiger partial charge in [-0.1, -0.05) is 116 Å². The Bertz CT molecular complexity index is 1230. The van der Waals surface area contributed by atoms with Crippen molar-refractivity contribution >= 4 is 5.91 Å². The Morgan fingerprint density at radius 1 is 0.556 bits per heavy atom. The van der Waals surface area contributed by atoms with Crippen molar-refractivity contribution in [3.8, 4) is 0 Å². The van der Waals surface area contributed by atoms with Gasteiger partial charge >= 0.3 is 0 Å². The molecule has 19 nitrogen and oxygen atoms in total. The summed E-state index contributed by atoms with van der Waals surface area (Å²) in [6.07, 6.45) is -2.85. The fraction of sp³-hybridized carbons (Fsp3) is 0.932. The number of allylic oxidation sites excluding steroid dienone is 1. The van der Waals surface area contributed by atoms with E-state index < -0.39 is 124 Å². The van der Waals surface area contributed by atoms with Crippen LogP contribution in [0.2, 0.25) is 0 Å². The molecule has 3 aliphatic heterocycles. The maximum atomic E-state index is 12.6. The lowest BCUT2D eigenvalue weighted by molar-refractivity contribution is -0.379. The quantitative estimate of drug-likeness (QED) is 0.0320. The lowest BCUT2D eigenvalue weighted by atomic mass is 9.96. The molecule has 3 aliphatic rings. The van der Waals surface area contributed by atoms with Crippen LogP contribution in [0.15, 0.2) is 12.2 Å². The molecule has 0 bridgehead atoms. The van der Waals surface area contributed by atoms with Crippen LogP contribution >= 0.6 is 0 Å². The summed E-state index contributed by atoms with van der Waals surface area (Å²) >= 11 is 0. The highest BCUT2D eigenvalue weighted by molar-refractivity contribution is 5.76. The molecule has 3 rings (SSSR count). The van der Waals surface area contributed by atoms with Crippen molar-refractivity contribution in [1.82, 2.24) is 5.32 Å². The van der Waals surface area contributed by atoms with Gasteiger partial charge in [-0.2, -0.15) is 0 Å². The second-order valence-electron chi connectivity index (χ2n) is 17.2. The van der Waals surface area contributed by atoms with E-state index in [-0.39, 0.29) is 18.9 Å². The largest absolute Gasteiger partial charge is 0.394 e. The van der Waals surface area contributed by atoms with Crippen molar-refractivity contribution in [3.63, 3.8) is 0 Å². The number of carbonyl (C=O) groups is 1. The number of hydrogen-bond donors (Lipinski definition) is 12. The molecule has 0 aromatic rings. The summed E-state index contributed by atoms with van der Waals surface area (Å²) in [5.74, 6) is -0.331. The van der Waals surface area contributed by atoms with Crippen molar-refractivity contribution in [3.05, 3.63) is 12.2 Å². The van der Waals surface area contributed by atoms with Crippen LogP contribution in [0, 0.1) is 0 Å². The second kappa shape index (κ2) is 30.7. The van der Waals surface area contributed by atoms with E-state index in [0.29, 0.717) is 6.42 Å². The third kappa shape index (κ3) is 17.9. The minimum Gasteiger partial charge on any atom is -0.394 e. The Labute approximate surface area is 372 Å². The highest BCUT2D eigenvalue weighted by Crippen LogP contribution is 2.33. The van der Waals surface area contributed by atoms with E-state index in [0.717, 1.165) is 25.7 Å². The van der Waals surface area contributed by atoms with Gasteiger partial charge in [0.25, 0.3) is 0 Å². The Morgan fingerprint density at radius 3 is 1.46 bits per heavy atom. The van der Waals surface area contributed by atoms with Crippen LogP contribution < -0.4 is 5.32 Å². The monoisotopic (exact) mass is 912 g/mol. The normalized spacial score (nSPS) is 34.9. The smallest absolute Gasteiger partial charge is 0.220 e. The standard InChI is InChI=1S/C44H81NO18/c1-3-5-6-7-8-9-10-11-12-13-14-15-16-17-18-19-20-22-28(49)27(45-32(50)21-4-2)26-58-42-38(56)35(53)40(30(24-47)60-42)63-44-39(57)36(54)41(31(25-48)61-44)62-43-37(55)34(52)33(51)29(23-46)59-43/h20,22,27-31,33-44,46-49,51-57H,3-19,21,23-26H2,1-2H3,(H,45,50)/b22-20+. The average Bonchev–Trinajstić information content (AvgIpc) is 3.27. The molecule has 0 spiro atoms. The van der Waals surface area contributed by atoms with E-state index in [9.17, 15) is 61.0 Å². The van der Waals surface area contributed by atoms with E-state index >= 15 is 0 Å². The molecular formula is C44H81NO18.